The highest BCUT2D eigenvalue weighted by atomic mass is 16.5. The third-order valence-electron chi connectivity index (χ3n) is 9.44. The second-order valence-corrected chi connectivity index (χ2v) is 12.2. The van der Waals surface area contributed by atoms with Crippen LogP contribution in [0.3, 0.4) is 0 Å². The highest BCUT2D eigenvalue weighted by molar-refractivity contribution is 5.75. The molecule has 0 amide bonds. The number of carbonyl (C=O) groups excluding carboxylic acids is 2. The summed E-state index contributed by atoms with van der Waals surface area (Å²) >= 11 is 0. The van der Waals surface area contributed by atoms with E-state index < -0.39 is 11.9 Å². The summed E-state index contributed by atoms with van der Waals surface area (Å²) in [6.07, 6.45) is 17.4. The molecule has 0 aromatic carbocycles. The van der Waals surface area contributed by atoms with Gasteiger partial charge < -0.3 is 14.6 Å². The topological polar surface area (TPSA) is 66.4 Å². The lowest BCUT2D eigenvalue weighted by atomic mass is 9.61. The molecule has 36 heavy (non-hydrogen) atoms. The fourth-order valence-corrected chi connectivity index (χ4v) is 6.78. The molecule has 0 N–H and O–H groups in total. The molecule has 0 heterocycles. The van der Waals surface area contributed by atoms with Crippen LogP contribution in [-0.2, 0) is 14.3 Å². The molecule has 0 unspecified atom stereocenters. The minimum atomic E-state index is -1.22. The summed E-state index contributed by atoms with van der Waals surface area (Å²) in [4.78, 5) is 22.6. The Labute approximate surface area is 219 Å². The van der Waals surface area contributed by atoms with Crippen LogP contribution in [-0.4, -0.2) is 18.0 Å². The normalized spacial score (nSPS) is 32.7. The third-order valence-corrected chi connectivity index (χ3v) is 9.44. The lowest BCUT2D eigenvalue weighted by Gasteiger charge is -2.44. The van der Waals surface area contributed by atoms with Gasteiger partial charge in [0.05, 0.1) is 6.42 Å². The number of hydrogen-bond acceptors (Lipinski definition) is 4. The van der Waals surface area contributed by atoms with Crippen molar-refractivity contribution in [2.45, 2.75) is 105 Å². The van der Waals surface area contributed by atoms with Gasteiger partial charge in [0.15, 0.2) is 0 Å². The Morgan fingerprint density at radius 1 is 1.08 bits per heavy atom. The summed E-state index contributed by atoms with van der Waals surface area (Å²) in [7, 11) is 0. The molecule has 3 rings (SSSR count). The van der Waals surface area contributed by atoms with E-state index in [9.17, 15) is 14.7 Å². The lowest BCUT2D eigenvalue weighted by Crippen LogP contribution is -2.35. The number of fused-ring (bicyclic) bond motifs is 1. The van der Waals surface area contributed by atoms with Crippen LogP contribution in [0.15, 0.2) is 47.6 Å². The molecular formula is C32H47O4-. The Morgan fingerprint density at radius 2 is 1.83 bits per heavy atom. The van der Waals surface area contributed by atoms with E-state index in [1.807, 2.05) is 0 Å². The molecule has 3 fully saturated rings. The van der Waals surface area contributed by atoms with Crippen LogP contribution in [0.4, 0.5) is 0 Å². The number of rotatable bonds is 9. The number of carboxylic acids is 1. The number of allylic oxidation sites excluding steroid dienone is 6. The first-order valence-corrected chi connectivity index (χ1v) is 14.2. The van der Waals surface area contributed by atoms with Gasteiger partial charge in [0.1, 0.15) is 6.10 Å². The molecule has 0 bridgehead atoms. The fraction of sp³-hybridized carbons (Fsp3) is 0.688. The smallest absolute Gasteiger partial charge is 0.306 e. The summed E-state index contributed by atoms with van der Waals surface area (Å²) in [6, 6.07) is 0. The maximum Gasteiger partial charge on any atom is 0.306 e. The van der Waals surface area contributed by atoms with Crippen molar-refractivity contribution in [2.75, 3.05) is 0 Å². The average Bonchev–Trinajstić information content (AvgIpc) is 3.18. The first kappa shape index (κ1) is 28.5. The predicted octanol–water partition coefficient (Wildman–Crippen LogP) is 6.72. The Bertz CT molecular complexity index is 907. The van der Waals surface area contributed by atoms with E-state index in [0.29, 0.717) is 35.5 Å². The van der Waals surface area contributed by atoms with Crippen molar-refractivity contribution in [3.05, 3.63) is 47.6 Å². The van der Waals surface area contributed by atoms with Gasteiger partial charge in [0.2, 0.25) is 0 Å². The van der Waals surface area contributed by atoms with Crippen LogP contribution >= 0.6 is 0 Å². The maximum atomic E-state index is 12.0. The largest absolute Gasteiger partial charge is 0.550 e. The van der Waals surface area contributed by atoms with Crippen molar-refractivity contribution in [1.82, 2.24) is 0 Å². The minimum absolute atomic E-state index is 0.131. The van der Waals surface area contributed by atoms with Crippen LogP contribution in [0.25, 0.3) is 0 Å². The van der Waals surface area contributed by atoms with E-state index in [2.05, 4.69) is 65.5 Å². The van der Waals surface area contributed by atoms with Crippen LogP contribution < -0.4 is 5.11 Å². The molecule has 3 aliphatic rings. The zero-order valence-corrected chi connectivity index (χ0v) is 23.2. The predicted molar refractivity (Wildman–Crippen MR) is 144 cm³/mol. The number of ether oxygens (including phenoxy) is 1. The van der Waals surface area contributed by atoms with E-state index >= 15 is 0 Å². The molecule has 3 saturated carbocycles. The Balaban J connectivity index is 1.68. The maximum absolute atomic E-state index is 12.0. The van der Waals surface area contributed by atoms with Crippen molar-refractivity contribution in [3.63, 3.8) is 0 Å². The van der Waals surface area contributed by atoms with Crippen LogP contribution in [0, 0.1) is 35.0 Å². The van der Waals surface area contributed by atoms with Crippen LogP contribution in [0.1, 0.15) is 98.8 Å². The van der Waals surface area contributed by atoms with Gasteiger partial charge in [0, 0.05) is 12.4 Å². The lowest BCUT2D eigenvalue weighted by molar-refractivity contribution is -0.305. The van der Waals surface area contributed by atoms with Gasteiger partial charge in [-0.1, -0.05) is 76.6 Å². The van der Waals surface area contributed by atoms with Gasteiger partial charge >= 0.3 is 5.97 Å². The van der Waals surface area contributed by atoms with E-state index in [-0.39, 0.29) is 18.9 Å². The summed E-state index contributed by atoms with van der Waals surface area (Å²) in [5, 5.41) is 10.6. The van der Waals surface area contributed by atoms with Crippen molar-refractivity contribution < 1.29 is 19.4 Å². The van der Waals surface area contributed by atoms with E-state index in [1.54, 1.807) is 5.57 Å². The monoisotopic (exact) mass is 495 g/mol. The number of hydrogen-bond donors (Lipinski definition) is 0. The van der Waals surface area contributed by atoms with Crippen molar-refractivity contribution >= 4 is 11.9 Å². The summed E-state index contributed by atoms with van der Waals surface area (Å²) < 4.78 is 5.55. The minimum Gasteiger partial charge on any atom is -0.550 e. The molecule has 200 valence electrons. The quantitative estimate of drug-likeness (QED) is 0.263. The molecule has 3 aliphatic carbocycles. The SMILES string of the molecule is C=C1CC[C@H](OC(=O)CCC(=O)[O-])C/C1=C/C=C1\CCC[C@]2(C)[C@@H]([C@H](C)/C=C/[C@H](C)C(C)C)CC[C@@H]12. The van der Waals surface area contributed by atoms with Crippen molar-refractivity contribution in [1.29, 1.82) is 0 Å². The molecule has 0 saturated heterocycles. The van der Waals surface area contributed by atoms with Crippen molar-refractivity contribution in [3.8, 4) is 0 Å². The van der Waals surface area contributed by atoms with E-state index in [1.165, 1.54) is 32.1 Å². The number of esters is 1. The van der Waals surface area contributed by atoms with Gasteiger partial charge in [-0.25, -0.2) is 0 Å². The molecule has 6 atom stereocenters. The number of aliphatic carboxylic acids is 1. The second-order valence-electron chi connectivity index (χ2n) is 12.2. The second kappa shape index (κ2) is 12.4. The third kappa shape index (κ3) is 7.01. The molecule has 0 aromatic rings. The van der Waals surface area contributed by atoms with Gasteiger partial charge in [-0.3, -0.25) is 4.79 Å². The molecule has 0 spiro atoms. The van der Waals surface area contributed by atoms with Crippen molar-refractivity contribution in [2.24, 2.45) is 35.0 Å². The number of carbonyl (C=O) groups is 2. The molecule has 0 radical (unpaired) electrons. The Kier molecular flexibility index (Phi) is 9.83. The Hall–Kier alpha value is -2.10. The zero-order chi connectivity index (χ0) is 26.5. The molecule has 4 heteroatoms. The summed E-state index contributed by atoms with van der Waals surface area (Å²) in [6.45, 7) is 16.1. The molecule has 0 aromatic heterocycles. The van der Waals surface area contributed by atoms with Gasteiger partial charge in [-0.05, 0) is 91.9 Å². The fourth-order valence-electron chi connectivity index (χ4n) is 6.78. The highest BCUT2D eigenvalue weighted by Gasteiger charge is 2.50. The van der Waals surface area contributed by atoms with Gasteiger partial charge in [0.25, 0.3) is 0 Å². The standard InChI is InChI=1S/C32H48O4/c1-21(2)22(3)9-10-24(5)28-15-16-29-25(8-7-19-32(28,29)6)12-13-26-20-27(14-11-23(26)4)36-31(35)18-17-30(33)34/h9-10,12-13,21-22,24,27-29H,4,7-8,11,14-20H2,1-3,5-6H3,(H,33,34)/p-1/b10-9+,25-12+,26-13-/t22-,24+,27-,28+,29-,32+/m0/s1. The summed E-state index contributed by atoms with van der Waals surface area (Å²) in [5.41, 5.74) is 4.21. The van der Waals surface area contributed by atoms with Crippen LogP contribution in [0.2, 0.25) is 0 Å². The summed E-state index contributed by atoms with van der Waals surface area (Å²) in [5.74, 6) is 1.58. The Morgan fingerprint density at radius 3 is 2.53 bits per heavy atom. The first-order chi connectivity index (χ1) is 17.0. The van der Waals surface area contributed by atoms with Gasteiger partial charge in [-0.15, -0.1) is 0 Å². The molecular weight excluding hydrogens is 448 g/mol. The van der Waals surface area contributed by atoms with Gasteiger partial charge in [-0.2, -0.15) is 0 Å². The number of carboxylic acid groups (broad SMARTS) is 1. The van der Waals surface area contributed by atoms with E-state index in [0.717, 1.165) is 29.9 Å². The zero-order valence-electron chi connectivity index (χ0n) is 23.2. The molecule has 0 aliphatic heterocycles. The van der Waals surface area contributed by atoms with E-state index in [4.69, 9.17) is 4.74 Å². The first-order valence-electron chi connectivity index (χ1n) is 14.2. The highest BCUT2D eigenvalue weighted by Crippen LogP contribution is 2.59. The van der Waals surface area contributed by atoms with Crippen LogP contribution in [0.5, 0.6) is 0 Å². The molecule has 4 nitrogen and oxygen atoms in total. The average molecular weight is 496 g/mol.